The molecule has 0 spiro atoms. The van der Waals surface area contributed by atoms with Gasteiger partial charge in [0.25, 0.3) is 0 Å². The van der Waals surface area contributed by atoms with E-state index >= 15 is 0 Å². The molecule has 1 aliphatic heterocycles. The first kappa shape index (κ1) is 27.1. The van der Waals surface area contributed by atoms with Crippen LogP contribution in [0.1, 0.15) is 78.9 Å². The lowest BCUT2D eigenvalue weighted by Gasteiger charge is -2.46. The summed E-state index contributed by atoms with van der Waals surface area (Å²) in [4.78, 5) is 0. The van der Waals surface area contributed by atoms with Crippen LogP contribution < -0.4 is 0 Å². The quantitative estimate of drug-likeness (QED) is 0.336. The number of aliphatic hydroxyl groups excluding tert-OH is 1. The minimum Gasteiger partial charge on any atom is -0.411 e. The van der Waals surface area contributed by atoms with Crippen molar-refractivity contribution in [1.82, 2.24) is 0 Å². The molecule has 1 unspecified atom stereocenters. The standard InChI is InChI=1S/C27H48O4Si2/c1-25(2,3)32(7,8)30-21-16-17-23-27(29-23,24(28)20-14-12-11-13-15-20)19-18-22(21)31-33(9,10)26(4,5)6/h11-15,21-24,28H,16-19H2,1-10H3/t21-,22+,23+,24?,27-/m1/s1. The first-order chi connectivity index (χ1) is 15.0. The summed E-state index contributed by atoms with van der Waals surface area (Å²) in [6.07, 6.45) is 3.07. The van der Waals surface area contributed by atoms with E-state index in [1.165, 1.54) is 0 Å². The second kappa shape index (κ2) is 9.18. The van der Waals surface area contributed by atoms with E-state index in [-0.39, 0.29) is 28.4 Å². The van der Waals surface area contributed by atoms with Crippen LogP contribution in [0.15, 0.2) is 30.3 Å². The molecule has 1 heterocycles. The Labute approximate surface area is 204 Å². The third kappa shape index (κ3) is 5.67. The lowest BCUT2D eigenvalue weighted by Crippen LogP contribution is -2.52. The van der Waals surface area contributed by atoms with Gasteiger partial charge in [0, 0.05) is 0 Å². The Balaban J connectivity index is 1.86. The van der Waals surface area contributed by atoms with Gasteiger partial charge in [-0.25, -0.2) is 0 Å². The van der Waals surface area contributed by atoms with Gasteiger partial charge in [0.1, 0.15) is 11.7 Å². The van der Waals surface area contributed by atoms with Crippen molar-refractivity contribution in [2.24, 2.45) is 0 Å². The largest absolute Gasteiger partial charge is 0.411 e. The highest BCUT2D eigenvalue weighted by molar-refractivity contribution is 6.74. The van der Waals surface area contributed by atoms with Crippen molar-refractivity contribution in [1.29, 1.82) is 0 Å². The van der Waals surface area contributed by atoms with Crippen LogP contribution in [0.2, 0.25) is 36.3 Å². The summed E-state index contributed by atoms with van der Waals surface area (Å²) >= 11 is 0. The van der Waals surface area contributed by atoms with Crippen LogP contribution in [-0.4, -0.2) is 45.7 Å². The normalized spacial score (nSPS) is 30.2. The maximum Gasteiger partial charge on any atom is 0.192 e. The molecule has 33 heavy (non-hydrogen) atoms. The smallest absolute Gasteiger partial charge is 0.192 e. The van der Waals surface area contributed by atoms with Crippen LogP contribution in [0.5, 0.6) is 0 Å². The van der Waals surface area contributed by atoms with Crippen LogP contribution in [0.25, 0.3) is 0 Å². The van der Waals surface area contributed by atoms with E-state index in [9.17, 15) is 5.11 Å². The molecule has 1 saturated carbocycles. The van der Waals surface area contributed by atoms with Gasteiger partial charge >= 0.3 is 0 Å². The molecule has 5 atom stereocenters. The lowest BCUT2D eigenvalue weighted by atomic mass is 9.83. The fourth-order valence-corrected chi connectivity index (χ4v) is 7.24. The summed E-state index contributed by atoms with van der Waals surface area (Å²) in [7, 11) is -3.94. The minimum atomic E-state index is -1.99. The number of fused-ring (bicyclic) bond motifs is 1. The first-order valence-corrected chi connectivity index (χ1v) is 18.6. The number of hydrogen-bond donors (Lipinski definition) is 1. The summed E-state index contributed by atoms with van der Waals surface area (Å²) in [6.45, 7) is 23.1. The highest BCUT2D eigenvalue weighted by atomic mass is 28.4. The number of ether oxygens (including phenoxy) is 1. The molecule has 0 amide bonds. The summed E-state index contributed by atoms with van der Waals surface area (Å²) in [5.41, 5.74) is 0.453. The second-order valence-electron chi connectivity index (χ2n) is 13.3. The summed E-state index contributed by atoms with van der Waals surface area (Å²) in [5, 5.41) is 11.6. The monoisotopic (exact) mass is 492 g/mol. The van der Waals surface area contributed by atoms with Crippen LogP contribution in [0, 0.1) is 0 Å². The molecule has 1 aliphatic carbocycles. The molecule has 4 nitrogen and oxygen atoms in total. The predicted molar refractivity (Wildman–Crippen MR) is 142 cm³/mol. The Morgan fingerprint density at radius 3 is 1.82 bits per heavy atom. The number of epoxide rings is 1. The Morgan fingerprint density at radius 2 is 1.33 bits per heavy atom. The van der Waals surface area contributed by atoms with Gasteiger partial charge in [0.2, 0.25) is 0 Å². The van der Waals surface area contributed by atoms with Gasteiger partial charge in [-0.05, 0) is 67.5 Å². The van der Waals surface area contributed by atoms with Crippen LogP contribution in [0.3, 0.4) is 0 Å². The van der Waals surface area contributed by atoms with Gasteiger partial charge in [-0.2, -0.15) is 0 Å². The molecular formula is C27H48O4Si2. The maximum atomic E-state index is 11.3. The number of hydrogen-bond acceptors (Lipinski definition) is 4. The molecule has 1 aromatic rings. The third-order valence-corrected chi connectivity index (χ3v) is 17.9. The molecule has 1 N–H and O–H groups in total. The summed E-state index contributed by atoms with van der Waals surface area (Å²) in [6, 6.07) is 9.97. The van der Waals surface area contributed by atoms with Crippen LogP contribution in [-0.2, 0) is 13.6 Å². The highest BCUT2D eigenvalue weighted by Gasteiger charge is 2.62. The Kier molecular flexibility index (Phi) is 7.53. The predicted octanol–water partition coefficient (Wildman–Crippen LogP) is 7.21. The molecule has 1 saturated heterocycles. The Hall–Kier alpha value is -0.506. The molecule has 2 aliphatic rings. The Bertz CT molecular complexity index is 797. The molecule has 0 radical (unpaired) electrons. The molecule has 0 aromatic heterocycles. The van der Waals surface area contributed by atoms with Gasteiger partial charge < -0.3 is 18.7 Å². The van der Waals surface area contributed by atoms with E-state index in [2.05, 4.69) is 67.7 Å². The first-order valence-electron chi connectivity index (χ1n) is 12.8. The van der Waals surface area contributed by atoms with Gasteiger partial charge in [0.15, 0.2) is 16.6 Å². The Morgan fingerprint density at radius 1 is 0.848 bits per heavy atom. The fraction of sp³-hybridized carbons (Fsp3) is 0.778. The highest BCUT2D eigenvalue weighted by Crippen LogP contribution is 2.54. The van der Waals surface area contributed by atoms with Crippen molar-refractivity contribution >= 4 is 16.6 Å². The van der Waals surface area contributed by atoms with Crippen LogP contribution in [0.4, 0.5) is 0 Å². The van der Waals surface area contributed by atoms with E-state index in [0.717, 1.165) is 31.2 Å². The summed E-state index contributed by atoms with van der Waals surface area (Å²) < 4.78 is 20.4. The van der Waals surface area contributed by atoms with E-state index in [0.29, 0.717) is 0 Å². The van der Waals surface area contributed by atoms with Crippen molar-refractivity contribution in [3.05, 3.63) is 35.9 Å². The van der Waals surface area contributed by atoms with Crippen LogP contribution >= 0.6 is 0 Å². The van der Waals surface area contributed by atoms with Crippen molar-refractivity contribution < 1.29 is 18.7 Å². The van der Waals surface area contributed by atoms with Gasteiger partial charge in [-0.15, -0.1) is 0 Å². The molecule has 3 rings (SSSR count). The SMILES string of the molecule is CC(C)(C)[Si](C)(C)O[C@H]1CC[C@@]2(C(O)c3ccccc3)O[C@H]2CC[C@H]1O[Si](C)(C)C(C)(C)C. The van der Waals surface area contributed by atoms with Crippen molar-refractivity contribution in [2.45, 2.75) is 134 Å². The lowest BCUT2D eigenvalue weighted by molar-refractivity contribution is 0.00571. The maximum absolute atomic E-state index is 11.3. The topological polar surface area (TPSA) is 51.2 Å². The minimum absolute atomic E-state index is 0.0324. The van der Waals surface area contributed by atoms with Gasteiger partial charge in [-0.3, -0.25) is 0 Å². The molecule has 6 heteroatoms. The number of aliphatic hydroxyl groups is 1. The molecule has 0 bridgehead atoms. The van der Waals surface area contributed by atoms with Crippen molar-refractivity contribution in [2.75, 3.05) is 0 Å². The zero-order valence-corrected chi connectivity index (χ0v) is 24.7. The number of benzene rings is 1. The molecule has 1 aromatic carbocycles. The van der Waals surface area contributed by atoms with Gasteiger partial charge in [0.05, 0.1) is 18.3 Å². The molecular weight excluding hydrogens is 444 g/mol. The van der Waals surface area contributed by atoms with E-state index < -0.39 is 28.3 Å². The van der Waals surface area contributed by atoms with Crippen molar-refractivity contribution in [3.8, 4) is 0 Å². The third-order valence-electron chi connectivity index (χ3n) is 8.88. The van der Waals surface area contributed by atoms with E-state index in [1.54, 1.807) is 0 Å². The van der Waals surface area contributed by atoms with E-state index in [1.807, 2.05) is 30.3 Å². The molecule has 2 fully saturated rings. The zero-order valence-electron chi connectivity index (χ0n) is 22.7. The van der Waals surface area contributed by atoms with Crippen molar-refractivity contribution in [3.63, 3.8) is 0 Å². The van der Waals surface area contributed by atoms with Gasteiger partial charge in [-0.1, -0.05) is 71.9 Å². The number of rotatable bonds is 6. The second-order valence-corrected chi connectivity index (χ2v) is 22.8. The summed E-state index contributed by atoms with van der Waals surface area (Å²) in [5.74, 6) is 0. The average molecular weight is 493 g/mol. The zero-order chi connectivity index (χ0) is 24.9. The average Bonchev–Trinajstić information content (AvgIpc) is 3.39. The molecule has 188 valence electrons. The van der Waals surface area contributed by atoms with E-state index in [4.69, 9.17) is 13.6 Å². The fourth-order valence-electron chi connectivity index (χ4n) is 4.48.